The minimum absolute atomic E-state index is 0.0917. The highest BCUT2D eigenvalue weighted by atomic mass is 19.1. The SMILES string of the molecule is Cc1cccc(CC(c2ccccc2F)c2ccc3cccnc3c2O)n1. The van der Waals surface area contributed by atoms with Crippen LogP contribution in [0.3, 0.4) is 0 Å². The van der Waals surface area contributed by atoms with Gasteiger partial charge in [-0.3, -0.25) is 9.97 Å². The zero-order valence-electron chi connectivity index (χ0n) is 14.9. The molecule has 2 aromatic heterocycles. The van der Waals surface area contributed by atoms with E-state index in [1.165, 1.54) is 6.07 Å². The molecule has 134 valence electrons. The summed E-state index contributed by atoms with van der Waals surface area (Å²) in [5.74, 6) is -0.573. The van der Waals surface area contributed by atoms with Crippen LogP contribution in [0, 0.1) is 12.7 Å². The summed E-state index contributed by atoms with van der Waals surface area (Å²) in [6.45, 7) is 1.93. The van der Waals surface area contributed by atoms with E-state index in [4.69, 9.17) is 0 Å². The summed E-state index contributed by atoms with van der Waals surface area (Å²) in [7, 11) is 0. The highest BCUT2D eigenvalue weighted by Gasteiger charge is 2.23. The number of aromatic hydroxyl groups is 1. The van der Waals surface area contributed by atoms with Gasteiger partial charge >= 0.3 is 0 Å². The molecular formula is C23H19FN2O. The van der Waals surface area contributed by atoms with Crippen molar-refractivity contribution in [3.63, 3.8) is 0 Å². The van der Waals surface area contributed by atoms with E-state index < -0.39 is 0 Å². The van der Waals surface area contributed by atoms with Crippen molar-refractivity contribution >= 4 is 10.9 Å². The van der Waals surface area contributed by atoms with Gasteiger partial charge in [-0.15, -0.1) is 0 Å². The Hall–Kier alpha value is -3.27. The smallest absolute Gasteiger partial charge is 0.145 e. The van der Waals surface area contributed by atoms with Gasteiger partial charge in [0.05, 0.1) is 0 Å². The number of fused-ring (bicyclic) bond motifs is 1. The molecule has 0 saturated heterocycles. The van der Waals surface area contributed by atoms with Gasteiger partial charge in [-0.05, 0) is 36.8 Å². The van der Waals surface area contributed by atoms with Gasteiger partial charge in [-0.1, -0.05) is 42.5 Å². The minimum atomic E-state index is -0.369. The van der Waals surface area contributed by atoms with Gasteiger partial charge < -0.3 is 5.11 Å². The van der Waals surface area contributed by atoms with Gasteiger partial charge in [-0.2, -0.15) is 0 Å². The Labute approximate surface area is 157 Å². The third kappa shape index (κ3) is 3.38. The summed E-state index contributed by atoms with van der Waals surface area (Å²) in [5.41, 5.74) is 3.46. The molecule has 1 atom stereocenters. The van der Waals surface area contributed by atoms with Crippen molar-refractivity contribution in [1.82, 2.24) is 9.97 Å². The molecule has 0 amide bonds. The Balaban J connectivity index is 1.88. The average Bonchev–Trinajstić information content (AvgIpc) is 2.68. The fourth-order valence-corrected chi connectivity index (χ4v) is 3.49. The lowest BCUT2D eigenvalue weighted by Gasteiger charge is -2.20. The maximum atomic E-state index is 14.6. The highest BCUT2D eigenvalue weighted by molar-refractivity contribution is 5.85. The second kappa shape index (κ2) is 7.16. The number of benzene rings is 2. The molecule has 0 aliphatic heterocycles. The summed E-state index contributed by atoms with van der Waals surface area (Å²) < 4.78 is 14.6. The van der Waals surface area contributed by atoms with Crippen molar-refractivity contribution in [2.24, 2.45) is 0 Å². The number of phenolic OH excluding ortho intramolecular Hbond substituents is 1. The molecule has 4 heteroatoms. The Kier molecular flexibility index (Phi) is 4.55. The second-order valence-electron chi connectivity index (χ2n) is 6.63. The molecule has 1 N–H and O–H groups in total. The monoisotopic (exact) mass is 358 g/mol. The molecular weight excluding hydrogens is 339 g/mol. The highest BCUT2D eigenvalue weighted by Crippen LogP contribution is 2.38. The van der Waals surface area contributed by atoms with Gasteiger partial charge in [-0.25, -0.2) is 4.39 Å². The third-order valence-electron chi connectivity index (χ3n) is 4.79. The Morgan fingerprint density at radius 3 is 2.59 bits per heavy atom. The van der Waals surface area contributed by atoms with Crippen LogP contribution in [0.1, 0.15) is 28.4 Å². The first-order chi connectivity index (χ1) is 13.1. The first kappa shape index (κ1) is 17.2. The molecule has 0 aliphatic carbocycles. The number of rotatable bonds is 4. The number of nitrogens with zero attached hydrogens (tertiary/aromatic N) is 2. The van der Waals surface area contributed by atoms with Crippen molar-refractivity contribution in [3.8, 4) is 5.75 Å². The molecule has 4 rings (SSSR count). The third-order valence-corrected chi connectivity index (χ3v) is 4.79. The molecule has 2 heterocycles. The van der Waals surface area contributed by atoms with Crippen molar-refractivity contribution < 1.29 is 9.50 Å². The number of hydrogen-bond acceptors (Lipinski definition) is 3. The Bertz CT molecular complexity index is 1110. The molecule has 27 heavy (non-hydrogen) atoms. The predicted molar refractivity (Wildman–Crippen MR) is 104 cm³/mol. The fraction of sp³-hybridized carbons (Fsp3) is 0.130. The normalized spacial score (nSPS) is 12.2. The molecule has 0 saturated carbocycles. The topological polar surface area (TPSA) is 46.0 Å². The summed E-state index contributed by atoms with van der Waals surface area (Å²) in [4.78, 5) is 8.87. The fourth-order valence-electron chi connectivity index (χ4n) is 3.49. The summed E-state index contributed by atoms with van der Waals surface area (Å²) in [6.07, 6.45) is 2.13. The first-order valence-electron chi connectivity index (χ1n) is 8.87. The van der Waals surface area contributed by atoms with Crippen LogP contribution >= 0.6 is 0 Å². The minimum Gasteiger partial charge on any atom is -0.505 e. The lowest BCUT2D eigenvalue weighted by molar-refractivity contribution is 0.468. The standard InChI is InChI=1S/C23H19FN2O/c1-15-6-4-8-17(26-15)14-20(18-9-2-3-10-21(18)24)19-12-11-16-7-5-13-25-22(16)23(19)27/h2-13,20,27H,14H2,1H3. The van der Waals surface area contributed by atoms with E-state index in [2.05, 4.69) is 9.97 Å². The van der Waals surface area contributed by atoms with E-state index in [-0.39, 0.29) is 17.5 Å². The molecule has 2 aromatic carbocycles. The zero-order valence-corrected chi connectivity index (χ0v) is 14.9. The van der Waals surface area contributed by atoms with Crippen molar-refractivity contribution in [2.75, 3.05) is 0 Å². The molecule has 3 nitrogen and oxygen atoms in total. The summed E-state index contributed by atoms with van der Waals surface area (Å²) >= 11 is 0. The number of hydrogen-bond donors (Lipinski definition) is 1. The molecule has 1 unspecified atom stereocenters. The summed E-state index contributed by atoms with van der Waals surface area (Å²) in [5, 5.41) is 11.7. The van der Waals surface area contributed by atoms with E-state index in [9.17, 15) is 9.50 Å². The largest absolute Gasteiger partial charge is 0.505 e. The van der Waals surface area contributed by atoms with E-state index in [0.717, 1.165) is 16.8 Å². The lowest BCUT2D eigenvalue weighted by atomic mass is 9.85. The van der Waals surface area contributed by atoms with E-state index in [1.807, 2.05) is 55.5 Å². The number of aromatic nitrogens is 2. The number of halogens is 1. The molecule has 0 fully saturated rings. The van der Waals surface area contributed by atoms with Crippen molar-refractivity contribution in [2.45, 2.75) is 19.3 Å². The van der Waals surface area contributed by atoms with Crippen LogP contribution in [-0.2, 0) is 6.42 Å². The van der Waals surface area contributed by atoms with Crippen LogP contribution in [0.15, 0.2) is 72.9 Å². The molecule has 4 aromatic rings. The number of phenols is 1. The van der Waals surface area contributed by atoms with E-state index in [1.54, 1.807) is 18.3 Å². The van der Waals surface area contributed by atoms with Crippen LogP contribution in [-0.4, -0.2) is 15.1 Å². The van der Waals surface area contributed by atoms with Gasteiger partial charge in [0.1, 0.15) is 17.1 Å². The van der Waals surface area contributed by atoms with Gasteiger partial charge in [0, 0.05) is 40.9 Å². The molecule has 0 radical (unpaired) electrons. The molecule has 0 aliphatic rings. The maximum absolute atomic E-state index is 14.6. The van der Waals surface area contributed by atoms with Crippen LogP contribution in [0.5, 0.6) is 5.75 Å². The van der Waals surface area contributed by atoms with Crippen molar-refractivity contribution in [3.05, 3.63) is 101 Å². The Morgan fingerprint density at radius 1 is 0.926 bits per heavy atom. The van der Waals surface area contributed by atoms with Crippen LogP contribution < -0.4 is 0 Å². The second-order valence-corrected chi connectivity index (χ2v) is 6.63. The molecule has 0 bridgehead atoms. The first-order valence-corrected chi connectivity index (χ1v) is 8.87. The van der Waals surface area contributed by atoms with Gasteiger partial charge in [0.25, 0.3) is 0 Å². The maximum Gasteiger partial charge on any atom is 0.145 e. The van der Waals surface area contributed by atoms with Crippen LogP contribution in [0.25, 0.3) is 10.9 Å². The van der Waals surface area contributed by atoms with Gasteiger partial charge in [0.15, 0.2) is 0 Å². The lowest BCUT2D eigenvalue weighted by Crippen LogP contribution is -2.09. The predicted octanol–water partition coefficient (Wildman–Crippen LogP) is 5.16. The number of aryl methyl sites for hydroxylation is 1. The Morgan fingerprint density at radius 2 is 1.78 bits per heavy atom. The average molecular weight is 358 g/mol. The summed E-state index contributed by atoms with van der Waals surface area (Å²) in [6, 6.07) is 20.0. The molecule has 0 spiro atoms. The van der Waals surface area contributed by atoms with Crippen LogP contribution in [0.2, 0.25) is 0 Å². The van der Waals surface area contributed by atoms with E-state index in [0.29, 0.717) is 23.1 Å². The van der Waals surface area contributed by atoms with Crippen LogP contribution in [0.4, 0.5) is 4.39 Å². The van der Waals surface area contributed by atoms with Crippen molar-refractivity contribution in [1.29, 1.82) is 0 Å². The van der Waals surface area contributed by atoms with Gasteiger partial charge in [0.2, 0.25) is 0 Å². The number of pyridine rings is 2. The quantitative estimate of drug-likeness (QED) is 0.548. The van der Waals surface area contributed by atoms with E-state index >= 15 is 0 Å². The zero-order chi connectivity index (χ0) is 18.8.